The molecule has 1 saturated heterocycles. The first-order valence-corrected chi connectivity index (χ1v) is 9.47. The summed E-state index contributed by atoms with van der Waals surface area (Å²) in [7, 11) is 0. The van der Waals surface area contributed by atoms with Crippen LogP contribution in [0.4, 0.5) is 0 Å². The fourth-order valence-electron chi connectivity index (χ4n) is 3.60. The normalized spacial score (nSPS) is 22.3. The maximum absolute atomic E-state index is 12.7. The van der Waals surface area contributed by atoms with Crippen molar-refractivity contribution in [2.24, 2.45) is 0 Å². The average Bonchev–Trinajstić information content (AvgIpc) is 3.36. The van der Waals surface area contributed by atoms with Crippen LogP contribution in [0.15, 0.2) is 42.5 Å². The summed E-state index contributed by atoms with van der Waals surface area (Å²) >= 11 is 1.64. The summed E-state index contributed by atoms with van der Waals surface area (Å²) in [5, 5.41) is 2.89. The molecule has 1 N–H and O–H groups in total. The molecule has 0 bridgehead atoms. The highest BCUT2D eigenvalue weighted by molar-refractivity contribution is 7.99. The van der Waals surface area contributed by atoms with E-state index in [1.165, 1.54) is 0 Å². The van der Waals surface area contributed by atoms with Crippen molar-refractivity contribution in [1.82, 2.24) is 10.2 Å². The Kier molecular flexibility index (Phi) is 3.56. The Morgan fingerprint density at radius 1 is 1.19 bits per heavy atom. The number of hydrogen-bond donors (Lipinski definition) is 1. The van der Waals surface area contributed by atoms with E-state index in [4.69, 9.17) is 9.47 Å². The van der Waals surface area contributed by atoms with E-state index in [1.807, 2.05) is 42.5 Å². The number of benzene rings is 2. The molecule has 132 valence electrons. The van der Waals surface area contributed by atoms with Gasteiger partial charge in [-0.05, 0) is 29.3 Å². The van der Waals surface area contributed by atoms with Crippen LogP contribution in [0, 0.1) is 0 Å². The molecule has 3 heterocycles. The van der Waals surface area contributed by atoms with E-state index in [-0.39, 0.29) is 24.0 Å². The Morgan fingerprint density at radius 2 is 2.04 bits per heavy atom. The Hall–Kier alpha value is -2.67. The van der Waals surface area contributed by atoms with Crippen molar-refractivity contribution in [2.45, 2.75) is 18.0 Å². The molecule has 5 rings (SSSR count). The van der Waals surface area contributed by atoms with Crippen molar-refractivity contribution in [1.29, 1.82) is 0 Å². The Morgan fingerprint density at radius 3 is 2.96 bits per heavy atom. The molecule has 26 heavy (non-hydrogen) atoms. The van der Waals surface area contributed by atoms with Gasteiger partial charge in [-0.2, -0.15) is 0 Å². The lowest BCUT2D eigenvalue weighted by Crippen LogP contribution is -2.45. The van der Waals surface area contributed by atoms with Crippen LogP contribution in [0.3, 0.4) is 0 Å². The van der Waals surface area contributed by atoms with Gasteiger partial charge >= 0.3 is 0 Å². The van der Waals surface area contributed by atoms with Gasteiger partial charge in [0.15, 0.2) is 11.5 Å². The molecular weight excluding hydrogens is 352 g/mol. The molecule has 0 aliphatic carbocycles. The number of hydrogen-bond acceptors (Lipinski definition) is 5. The van der Waals surface area contributed by atoms with Gasteiger partial charge in [0.2, 0.25) is 12.7 Å². The molecule has 2 amide bonds. The zero-order valence-electron chi connectivity index (χ0n) is 13.8. The van der Waals surface area contributed by atoms with Gasteiger partial charge in [0.05, 0.1) is 0 Å². The topological polar surface area (TPSA) is 67.9 Å². The number of rotatable bonds is 3. The van der Waals surface area contributed by atoms with Crippen LogP contribution in [0.25, 0.3) is 0 Å². The maximum Gasteiger partial charge on any atom is 0.256 e. The molecule has 2 atom stereocenters. The third kappa shape index (κ3) is 2.34. The summed E-state index contributed by atoms with van der Waals surface area (Å²) in [4.78, 5) is 27.1. The van der Waals surface area contributed by atoms with Crippen LogP contribution in [0.1, 0.15) is 26.9 Å². The second-order valence-electron chi connectivity index (χ2n) is 6.41. The first kappa shape index (κ1) is 15.6. The van der Waals surface area contributed by atoms with Gasteiger partial charge in [-0.1, -0.05) is 24.3 Å². The van der Waals surface area contributed by atoms with Crippen molar-refractivity contribution in [3.8, 4) is 11.5 Å². The fraction of sp³-hybridized carbons (Fsp3) is 0.263. The van der Waals surface area contributed by atoms with Gasteiger partial charge in [-0.15, -0.1) is 11.8 Å². The molecule has 0 unspecified atom stereocenters. The number of ether oxygens (including phenoxy) is 2. The van der Waals surface area contributed by atoms with Gasteiger partial charge in [-0.3, -0.25) is 9.59 Å². The minimum Gasteiger partial charge on any atom is -0.454 e. The predicted molar refractivity (Wildman–Crippen MR) is 96.0 cm³/mol. The molecule has 0 radical (unpaired) electrons. The molecule has 3 aliphatic heterocycles. The second-order valence-corrected chi connectivity index (χ2v) is 7.52. The number of amides is 2. The minimum absolute atomic E-state index is 0.0556. The SMILES string of the molecule is O=C(NCc1ccc2c(c1)OCO2)[C@@H]1CS[C@@H]2c3ccccc3C(=O)N21. The van der Waals surface area contributed by atoms with E-state index >= 15 is 0 Å². The van der Waals surface area contributed by atoms with E-state index in [0.717, 1.165) is 16.9 Å². The van der Waals surface area contributed by atoms with Crippen LogP contribution in [-0.2, 0) is 11.3 Å². The molecule has 0 spiro atoms. The number of thioether (sulfide) groups is 1. The summed E-state index contributed by atoms with van der Waals surface area (Å²) in [5.74, 6) is 1.84. The smallest absolute Gasteiger partial charge is 0.256 e. The Balaban J connectivity index is 1.29. The lowest BCUT2D eigenvalue weighted by molar-refractivity contribution is -0.124. The summed E-state index contributed by atoms with van der Waals surface area (Å²) in [6.07, 6.45) is 0. The Labute approximate surface area is 154 Å². The summed E-state index contributed by atoms with van der Waals surface area (Å²) in [6, 6.07) is 12.8. The Bertz CT molecular complexity index is 916. The molecule has 3 aliphatic rings. The molecule has 2 aromatic rings. The number of carbonyl (C=O) groups excluding carboxylic acids is 2. The molecule has 7 heteroatoms. The summed E-state index contributed by atoms with van der Waals surface area (Å²) < 4.78 is 10.7. The maximum atomic E-state index is 12.7. The summed E-state index contributed by atoms with van der Waals surface area (Å²) in [6.45, 7) is 0.611. The highest BCUT2D eigenvalue weighted by Gasteiger charge is 2.48. The van der Waals surface area contributed by atoms with Gasteiger partial charge in [0.1, 0.15) is 11.4 Å². The number of fused-ring (bicyclic) bond motifs is 4. The zero-order valence-corrected chi connectivity index (χ0v) is 14.6. The van der Waals surface area contributed by atoms with Crippen LogP contribution in [-0.4, -0.2) is 35.3 Å². The third-order valence-electron chi connectivity index (χ3n) is 4.90. The van der Waals surface area contributed by atoms with Crippen molar-refractivity contribution >= 4 is 23.6 Å². The molecular formula is C19H16N2O4S. The number of nitrogens with one attached hydrogen (secondary N) is 1. The second kappa shape index (κ2) is 5.95. The van der Waals surface area contributed by atoms with E-state index in [9.17, 15) is 9.59 Å². The predicted octanol–water partition coefficient (Wildman–Crippen LogP) is 2.30. The van der Waals surface area contributed by atoms with Crippen LogP contribution in [0.5, 0.6) is 11.5 Å². The van der Waals surface area contributed by atoms with Gasteiger partial charge in [0, 0.05) is 17.9 Å². The monoisotopic (exact) mass is 368 g/mol. The lowest BCUT2D eigenvalue weighted by Gasteiger charge is -2.22. The van der Waals surface area contributed by atoms with Crippen molar-refractivity contribution in [2.75, 3.05) is 12.5 Å². The van der Waals surface area contributed by atoms with Crippen molar-refractivity contribution in [3.63, 3.8) is 0 Å². The molecule has 0 aromatic heterocycles. The molecule has 0 saturated carbocycles. The third-order valence-corrected chi connectivity index (χ3v) is 6.20. The highest BCUT2D eigenvalue weighted by Crippen LogP contribution is 2.48. The van der Waals surface area contributed by atoms with E-state index in [0.29, 0.717) is 23.6 Å². The average molecular weight is 368 g/mol. The van der Waals surface area contributed by atoms with Gasteiger partial charge in [0.25, 0.3) is 5.91 Å². The van der Waals surface area contributed by atoms with Crippen molar-refractivity contribution in [3.05, 3.63) is 59.2 Å². The standard InChI is InChI=1S/C19H16N2O4S/c22-17(20-8-11-5-6-15-16(7-11)25-10-24-15)14-9-26-19-13-4-2-1-3-12(13)18(23)21(14)19/h1-7,14,19H,8-10H2,(H,20,22)/t14-,19+/m0/s1. The van der Waals surface area contributed by atoms with Crippen LogP contribution in [0.2, 0.25) is 0 Å². The fourth-order valence-corrected chi connectivity index (χ4v) is 5.07. The van der Waals surface area contributed by atoms with E-state index < -0.39 is 6.04 Å². The highest BCUT2D eigenvalue weighted by atomic mass is 32.2. The quantitative estimate of drug-likeness (QED) is 0.900. The van der Waals surface area contributed by atoms with Crippen molar-refractivity contribution < 1.29 is 19.1 Å². The largest absolute Gasteiger partial charge is 0.454 e. The van der Waals surface area contributed by atoms with Crippen LogP contribution >= 0.6 is 11.8 Å². The first-order chi connectivity index (χ1) is 12.7. The lowest BCUT2D eigenvalue weighted by atomic mass is 10.1. The first-order valence-electron chi connectivity index (χ1n) is 8.42. The zero-order chi connectivity index (χ0) is 17.7. The molecule has 6 nitrogen and oxygen atoms in total. The van der Waals surface area contributed by atoms with E-state index in [2.05, 4.69) is 5.32 Å². The van der Waals surface area contributed by atoms with E-state index in [1.54, 1.807) is 16.7 Å². The number of nitrogens with zero attached hydrogens (tertiary/aromatic N) is 1. The van der Waals surface area contributed by atoms with Gasteiger partial charge in [-0.25, -0.2) is 0 Å². The van der Waals surface area contributed by atoms with Crippen LogP contribution < -0.4 is 14.8 Å². The molecule has 1 fully saturated rings. The minimum atomic E-state index is -0.445. The number of carbonyl (C=O) groups is 2. The summed E-state index contributed by atoms with van der Waals surface area (Å²) in [5.41, 5.74) is 2.65. The molecule has 2 aromatic carbocycles. The van der Waals surface area contributed by atoms with Gasteiger partial charge < -0.3 is 19.7 Å².